The Labute approximate surface area is 87.7 Å². The number of rotatable bonds is 5. The first-order valence-electron chi connectivity index (χ1n) is 5.12. The minimum Gasteiger partial charge on any atom is -0.385 e. The van der Waals surface area contributed by atoms with Gasteiger partial charge in [-0.15, -0.1) is 0 Å². The van der Waals surface area contributed by atoms with E-state index in [0.717, 1.165) is 19.3 Å². The van der Waals surface area contributed by atoms with Crippen LogP contribution in [0.2, 0.25) is 0 Å². The van der Waals surface area contributed by atoms with E-state index in [2.05, 4.69) is 0 Å². The van der Waals surface area contributed by atoms with Crippen molar-refractivity contribution in [2.45, 2.75) is 37.4 Å². The maximum Gasteiger partial charge on any atom is 0.134 e. The number of hydrogen-bond acceptors (Lipinski definition) is 3. The fourth-order valence-electron chi connectivity index (χ4n) is 1.72. The second-order valence-corrected chi connectivity index (χ2v) is 5.52. The predicted molar refractivity (Wildman–Crippen MR) is 56.8 cm³/mol. The van der Waals surface area contributed by atoms with Gasteiger partial charge in [-0.3, -0.25) is 9.00 Å². The van der Waals surface area contributed by atoms with Crippen LogP contribution in [0.15, 0.2) is 0 Å². The van der Waals surface area contributed by atoms with Crippen LogP contribution < -0.4 is 0 Å². The molecule has 2 unspecified atom stereocenters. The minimum absolute atomic E-state index is 0.119. The van der Waals surface area contributed by atoms with E-state index in [1.807, 2.05) is 0 Å². The molecule has 1 rings (SSSR count). The molecule has 0 radical (unpaired) electrons. The van der Waals surface area contributed by atoms with Crippen molar-refractivity contribution in [1.29, 1.82) is 0 Å². The number of carbonyl (C=O) groups excluding carboxylic acids is 1. The second kappa shape index (κ2) is 6.30. The molecule has 1 fully saturated rings. The molecule has 1 aliphatic carbocycles. The van der Waals surface area contributed by atoms with Gasteiger partial charge in [0.2, 0.25) is 0 Å². The van der Waals surface area contributed by atoms with Crippen molar-refractivity contribution in [2.24, 2.45) is 0 Å². The van der Waals surface area contributed by atoms with Gasteiger partial charge in [0.05, 0.1) is 0 Å². The molecule has 2 atom stereocenters. The Hall–Kier alpha value is -0.220. The van der Waals surface area contributed by atoms with E-state index >= 15 is 0 Å². The normalized spacial score (nSPS) is 24.9. The van der Waals surface area contributed by atoms with Crippen molar-refractivity contribution in [1.82, 2.24) is 0 Å². The lowest BCUT2D eigenvalue weighted by Crippen LogP contribution is -2.26. The van der Waals surface area contributed by atoms with Gasteiger partial charge in [0, 0.05) is 48.4 Å². The van der Waals surface area contributed by atoms with E-state index in [-0.39, 0.29) is 11.0 Å². The molecular formula is C10H18O3S. The number of Topliss-reactive ketones (excluding diaryl/α,β-unsaturated/α-hetero) is 1. The summed E-state index contributed by atoms with van der Waals surface area (Å²) < 4.78 is 16.6. The van der Waals surface area contributed by atoms with Crippen molar-refractivity contribution >= 4 is 16.6 Å². The molecule has 0 saturated heterocycles. The summed E-state index contributed by atoms with van der Waals surface area (Å²) in [6, 6.07) is 0. The molecule has 0 aliphatic heterocycles. The molecular weight excluding hydrogens is 200 g/mol. The van der Waals surface area contributed by atoms with Crippen LogP contribution in [0, 0.1) is 0 Å². The van der Waals surface area contributed by atoms with Gasteiger partial charge in [-0.2, -0.15) is 0 Å². The van der Waals surface area contributed by atoms with Crippen LogP contribution in [0.25, 0.3) is 0 Å². The van der Waals surface area contributed by atoms with Crippen LogP contribution in [0.3, 0.4) is 0 Å². The first-order chi connectivity index (χ1) is 6.74. The van der Waals surface area contributed by atoms with E-state index in [9.17, 15) is 9.00 Å². The zero-order valence-corrected chi connectivity index (χ0v) is 9.48. The van der Waals surface area contributed by atoms with E-state index in [1.165, 1.54) is 0 Å². The Morgan fingerprint density at radius 1 is 1.57 bits per heavy atom. The van der Waals surface area contributed by atoms with Gasteiger partial charge in [-0.1, -0.05) is 0 Å². The van der Waals surface area contributed by atoms with Crippen molar-refractivity contribution in [3.8, 4) is 0 Å². The van der Waals surface area contributed by atoms with Gasteiger partial charge in [-0.05, 0) is 19.3 Å². The lowest BCUT2D eigenvalue weighted by molar-refractivity contribution is -0.120. The smallest absolute Gasteiger partial charge is 0.134 e. The van der Waals surface area contributed by atoms with Gasteiger partial charge >= 0.3 is 0 Å². The number of methoxy groups -OCH3 is 1. The molecule has 0 aromatic rings. The number of carbonyl (C=O) groups is 1. The van der Waals surface area contributed by atoms with Crippen LogP contribution >= 0.6 is 0 Å². The van der Waals surface area contributed by atoms with Crippen LogP contribution in [0.5, 0.6) is 0 Å². The van der Waals surface area contributed by atoms with Crippen LogP contribution in [0.4, 0.5) is 0 Å². The monoisotopic (exact) mass is 218 g/mol. The molecule has 0 aromatic carbocycles. The fourth-order valence-corrected chi connectivity index (χ4v) is 3.26. The maximum absolute atomic E-state index is 11.7. The van der Waals surface area contributed by atoms with E-state index in [4.69, 9.17) is 4.74 Å². The molecule has 1 saturated carbocycles. The average molecular weight is 218 g/mol. The Kier molecular flexibility index (Phi) is 5.33. The molecule has 3 nitrogen and oxygen atoms in total. The topological polar surface area (TPSA) is 43.4 Å². The maximum atomic E-state index is 11.7. The van der Waals surface area contributed by atoms with Gasteiger partial charge in [-0.25, -0.2) is 0 Å². The highest BCUT2D eigenvalue weighted by Crippen LogP contribution is 2.20. The SMILES string of the molecule is COCCCS(=O)C1CCCC(=O)C1. The van der Waals surface area contributed by atoms with E-state index in [0.29, 0.717) is 25.2 Å². The summed E-state index contributed by atoms with van der Waals surface area (Å²) >= 11 is 0. The lowest BCUT2D eigenvalue weighted by Gasteiger charge is -2.19. The summed E-state index contributed by atoms with van der Waals surface area (Å²) in [5.41, 5.74) is 0. The highest BCUT2D eigenvalue weighted by Gasteiger charge is 2.23. The molecule has 0 bridgehead atoms. The van der Waals surface area contributed by atoms with Gasteiger partial charge in [0.15, 0.2) is 0 Å². The minimum atomic E-state index is -0.829. The van der Waals surface area contributed by atoms with Gasteiger partial charge < -0.3 is 4.74 Å². The fraction of sp³-hybridized carbons (Fsp3) is 0.900. The van der Waals surface area contributed by atoms with Crippen LogP contribution in [-0.2, 0) is 20.3 Å². The summed E-state index contributed by atoms with van der Waals surface area (Å²) in [7, 11) is 0.816. The number of ether oxygens (including phenoxy) is 1. The van der Waals surface area contributed by atoms with Crippen LogP contribution in [0.1, 0.15) is 32.1 Å². The Bertz CT molecular complexity index is 215. The zero-order chi connectivity index (χ0) is 10.4. The first-order valence-corrected chi connectivity index (χ1v) is 6.50. The molecule has 14 heavy (non-hydrogen) atoms. The quantitative estimate of drug-likeness (QED) is 0.653. The Balaban J connectivity index is 2.25. The Morgan fingerprint density at radius 2 is 2.36 bits per heavy atom. The molecule has 82 valence electrons. The zero-order valence-electron chi connectivity index (χ0n) is 8.66. The highest BCUT2D eigenvalue weighted by molar-refractivity contribution is 7.85. The van der Waals surface area contributed by atoms with Crippen molar-refractivity contribution in [2.75, 3.05) is 19.5 Å². The molecule has 0 aromatic heterocycles. The lowest BCUT2D eigenvalue weighted by atomic mass is 9.99. The van der Waals surface area contributed by atoms with Gasteiger partial charge in [0.1, 0.15) is 5.78 Å². The number of hydrogen-bond donors (Lipinski definition) is 0. The molecule has 0 spiro atoms. The predicted octanol–water partition coefficient (Wildman–Crippen LogP) is 1.28. The highest BCUT2D eigenvalue weighted by atomic mass is 32.2. The van der Waals surface area contributed by atoms with E-state index < -0.39 is 10.8 Å². The molecule has 1 aliphatic rings. The second-order valence-electron chi connectivity index (χ2n) is 3.69. The average Bonchev–Trinajstić information content (AvgIpc) is 2.18. The summed E-state index contributed by atoms with van der Waals surface area (Å²) in [4.78, 5) is 11.1. The molecule has 0 heterocycles. The van der Waals surface area contributed by atoms with E-state index in [1.54, 1.807) is 7.11 Å². The standard InChI is InChI=1S/C10H18O3S/c1-13-6-3-7-14(12)10-5-2-4-9(11)8-10/h10H,2-8H2,1H3. The summed E-state index contributed by atoms with van der Waals surface area (Å²) in [5.74, 6) is 0.951. The third kappa shape index (κ3) is 3.88. The summed E-state index contributed by atoms with van der Waals surface area (Å²) in [6.45, 7) is 0.659. The number of ketones is 1. The van der Waals surface area contributed by atoms with Gasteiger partial charge in [0.25, 0.3) is 0 Å². The largest absolute Gasteiger partial charge is 0.385 e. The summed E-state index contributed by atoms with van der Waals surface area (Å²) in [5, 5.41) is 0.119. The molecule has 0 amide bonds. The van der Waals surface area contributed by atoms with Crippen molar-refractivity contribution in [3.05, 3.63) is 0 Å². The van der Waals surface area contributed by atoms with Crippen molar-refractivity contribution in [3.63, 3.8) is 0 Å². The molecule has 4 heteroatoms. The van der Waals surface area contributed by atoms with Crippen LogP contribution in [-0.4, -0.2) is 34.7 Å². The third-order valence-electron chi connectivity index (χ3n) is 2.50. The Morgan fingerprint density at radius 3 is 3.00 bits per heavy atom. The molecule has 0 N–H and O–H groups in total. The van der Waals surface area contributed by atoms with Crippen molar-refractivity contribution < 1.29 is 13.7 Å². The third-order valence-corrected chi connectivity index (χ3v) is 4.34. The first kappa shape index (κ1) is 11.9. The summed E-state index contributed by atoms with van der Waals surface area (Å²) in [6.07, 6.45) is 3.91.